The van der Waals surface area contributed by atoms with Crippen LogP contribution < -0.4 is 44.3 Å². The number of aromatic nitrogens is 2. The molecule has 0 saturated carbocycles. The van der Waals surface area contributed by atoms with Gasteiger partial charge in [-0.3, -0.25) is 18.9 Å². The molecule has 1 N–H and O–H groups in total. The van der Waals surface area contributed by atoms with E-state index in [0.717, 1.165) is 83.1 Å². The molecule has 1 fully saturated rings. The summed E-state index contributed by atoms with van der Waals surface area (Å²) in [5, 5.41) is 13.9. The first-order chi connectivity index (χ1) is 26.0. The Kier molecular flexibility index (Phi) is 19.8. The van der Waals surface area contributed by atoms with E-state index < -0.39 is 33.6 Å². The molecule has 294 valence electrons. The van der Waals surface area contributed by atoms with Gasteiger partial charge in [-0.15, -0.1) is 0 Å². The Balaban J connectivity index is 0.00000812. The molecular formula is C41H55FN5NaO6S. The molecule has 3 aromatic rings. The zero-order valence-corrected chi connectivity index (χ0v) is 35.6. The molecule has 3 heterocycles. The molecule has 1 aromatic carbocycles. The molecular weight excluding hydrogens is 733 g/mol. The first kappa shape index (κ1) is 46.0. The number of rotatable bonds is 22. The molecule has 0 bridgehead atoms. The number of aliphatic carboxylic acids is 1. The zero-order chi connectivity index (χ0) is 38.9. The number of sulfonamides is 1. The molecule has 4 rings (SSSR count). The third-order valence-electron chi connectivity index (χ3n) is 9.75. The molecule has 1 aliphatic heterocycles. The van der Waals surface area contributed by atoms with Crippen LogP contribution in [0.1, 0.15) is 135 Å². The Hall–Kier alpha value is -3.39. The fraction of sp³-hybridized carbons (Fsp3) is 0.537. The number of unbranched alkanes of at least 4 members (excludes halogenated alkanes) is 11. The standard InChI is InChI=1S/C41H56FN5O6S.Na/c1-46(2)41(51)35-29-32(42)25-24-31(35)30-44-40(50)38-33(37-34(22-20-26-43-37)39(45-38)47-27-18-19-28-54(47,52)53)21-16-14-12-10-8-6-4-3-5-7-9-11-13-15-17-23-36(48)49;/h3,5,20,22,24-26,29H,4,6-19,21,23,27-28,30H2,1-2H3,(H,44,50)(H,48,49);/q;+1/p-1/b5-3-;. The van der Waals surface area contributed by atoms with Crippen LogP contribution in [0.15, 0.2) is 48.7 Å². The minimum Gasteiger partial charge on any atom is -0.550 e. The minimum absolute atomic E-state index is 0. The monoisotopic (exact) mass is 787 g/mol. The summed E-state index contributed by atoms with van der Waals surface area (Å²) >= 11 is 0. The van der Waals surface area contributed by atoms with Crippen molar-refractivity contribution in [2.75, 3.05) is 30.7 Å². The summed E-state index contributed by atoms with van der Waals surface area (Å²) in [5.74, 6) is -2.26. The van der Waals surface area contributed by atoms with Crippen molar-refractivity contribution in [3.8, 4) is 0 Å². The number of aryl methyl sites for hydroxylation is 1. The number of anilines is 1. The van der Waals surface area contributed by atoms with Crippen molar-refractivity contribution < 1.29 is 61.9 Å². The van der Waals surface area contributed by atoms with Crippen LogP contribution in [0, 0.1) is 5.82 Å². The van der Waals surface area contributed by atoms with E-state index in [4.69, 9.17) is 4.98 Å². The first-order valence-corrected chi connectivity index (χ1v) is 21.0. The maximum Gasteiger partial charge on any atom is 1.00 e. The zero-order valence-electron chi connectivity index (χ0n) is 32.8. The van der Waals surface area contributed by atoms with Crippen molar-refractivity contribution in [1.29, 1.82) is 0 Å². The number of fused-ring (bicyclic) bond motifs is 1. The number of pyridine rings is 2. The number of allylic oxidation sites excluding steroid dienone is 2. The quantitative estimate of drug-likeness (QED) is 0.0921. The topological polar surface area (TPSA) is 153 Å². The van der Waals surface area contributed by atoms with Crippen LogP contribution in [0.4, 0.5) is 10.2 Å². The van der Waals surface area contributed by atoms with Gasteiger partial charge in [0.15, 0.2) is 5.82 Å². The fourth-order valence-corrected chi connectivity index (χ4v) is 8.38. The maximum atomic E-state index is 14.1. The number of carboxylic acids is 1. The number of nitrogens with zero attached hydrogens (tertiary/aromatic N) is 4. The third kappa shape index (κ3) is 14.2. The molecule has 1 aliphatic rings. The molecule has 0 spiro atoms. The molecule has 0 unspecified atom stereocenters. The van der Waals surface area contributed by atoms with E-state index in [1.165, 1.54) is 21.3 Å². The Labute approximate surface area is 347 Å². The number of amides is 2. The predicted molar refractivity (Wildman–Crippen MR) is 208 cm³/mol. The largest absolute Gasteiger partial charge is 1.00 e. The average Bonchev–Trinajstić information content (AvgIpc) is 3.14. The Morgan fingerprint density at radius 2 is 1.58 bits per heavy atom. The number of hydrogen-bond donors (Lipinski definition) is 1. The summed E-state index contributed by atoms with van der Waals surface area (Å²) in [5.41, 5.74) is 1.87. The summed E-state index contributed by atoms with van der Waals surface area (Å²) in [6.07, 6.45) is 21.2. The molecule has 0 aliphatic carbocycles. The van der Waals surface area contributed by atoms with Gasteiger partial charge in [-0.05, 0) is 94.0 Å². The van der Waals surface area contributed by atoms with Crippen LogP contribution in [0.25, 0.3) is 10.9 Å². The third-order valence-corrected chi connectivity index (χ3v) is 11.6. The Morgan fingerprint density at radius 3 is 2.24 bits per heavy atom. The van der Waals surface area contributed by atoms with Crippen molar-refractivity contribution >= 4 is 44.5 Å². The smallest absolute Gasteiger partial charge is 0.550 e. The van der Waals surface area contributed by atoms with E-state index in [2.05, 4.69) is 22.5 Å². The number of carboxylic acid groups (broad SMARTS) is 1. The van der Waals surface area contributed by atoms with Gasteiger partial charge in [0.1, 0.15) is 11.5 Å². The van der Waals surface area contributed by atoms with Crippen molar-refractivity contribution in [2.24, 2.45) is 0 Å². The van der Waals surface area contributed by atoms with Crippen LogP contribution in [0.3, 0.4) is 0 Å². The number of halogens is 1. The summed E-state index contributed by atoms with van der Waals surface area (Å²) in [6, 6.07) is 7.41. The Morgan fingerprint density at radius 1 is 0.927 bits per heavy atom. The molecule has 11 nitrogen and oxygen atoms in total. The summed E-state index contributed by atoms with van der Waals surface area (Å²) < 4.78 is 41.9. The van der Waals surface area contributed by atoms with Gasteiger partial charge in [0.25, 0.3) is 11.8 Å². The van der Waals surface area contributed by atoms with Crippen molar-refractivity contribution in [3.05, 3.63) is 76.9 Å². The molecule has 14 heteroatoms. The maximum absolute atomic E-state index is 14.1. The van der Waals surface area contributed by atoms with Gasteiger partial charge in [-0.25, -0.2) is 17.8 Å². The summed E-state index contributed by atoms with van der Waals surface area (Å²) in [7, 11) is -0.496. The van der Waals surface area contributed by atoms with Gasteiger partial charge in [-0.1, -0.05) is 63.2 Å². The van der Waals surface area contributed by atoms with E-state index in [1.54, 1.807) is 32.4 Å². The van der Waals surface area contributed by atoms with Crippen LogP contribution in [0.2, 0.25) is 0 Å². The molecule has 0 radical (unpaired) electrons. The molecule has 55 heavy (non-hydrogen) atoms. The number of carbonyl (C=O) groups excluding carboxylic acids is 3. The van der Waals surface area contributed by atoms with Crippen molar-refractivity contribution in [2.45, 2.75) is 116 Å². The predicted octanol–water partition coefficient (Wildman–Crippen LogP) is 3.64. The number of hydrogen-bond acceptors (Lipinski definition) is 8. The number of benzene rings is 1. The Bertz CT molecular complexity index is 1870. The van der Waals surface area contributed by atoms with Crippen molar-refractivity contribution in [3.63, 3.8) is 0 Å². The SMILES string of the molecule is CN(C)C(=O)c1cc(F)ccc1CNC(=O)c1nc(N2CCCCS2(=O)=O)c2cccnc2c1CCCCCCCC/C=C\CCCCCCCC(=O)[O-].[Na+]. The number of nitrogens with one attached hydrogen (secondary N) is 1. The minimum atomic E-state index is -3.64. The van der Waals surface area contributed by atoms with Crippen LogP contribution >= 0.6 is 0 Å². The summed E-state index contributed by atoms with van der Waals surface area (Å²) in [4.78, 5) is 48.0. The molecule has 2 amide bonds. The normalized spacial score (nSPS) is 13.8. The fourth-order valence-electron chi connectivity index (χ4n) is 6.78. The number of carbonyl (C=O) groups is 3. The first-order valence-electron chi connectivity index (χ1n) is 19.4. The van der Waals surface area contributed by atoms with E-state index in [9.17, 15) is 32.3 Å². The van der Waals surface area contributed by atoms with Gasteiger partial charge in [0, 0.05) is 55.9 Å². The van der Waals surface area contributed by atoms with E-state index in [1.807, 2.05) is 0 Å². The van der Waals surface area contributed by atoms with Crippen molar-refractivity contribution in [1.82, 2.24) is 20.2 Å². The van der Waals surface area contributed by atoms with E-state index in [-0.39, 0.29) is 71.9 Å². The van der Waals surface area contributed by atoms with E-state index in [0.29, 0.717) is 47.7 Å². The summed E-state index contributed by atoms with van der Waals surface area (Å²) in [6.45, 7) is 0.202. The van der Waals surface area contributed by atoms with Gasteiger partial charge in [0.2, 0.25) is 10.0 Å². The second-order valence-corrected chi connectivity index (χ2v) is 16.3. The molecule has 0 atom stereocenters. The molecule has 2 aromatic heterocycles. The van der Waals surface area contributed by atoms with Crippen LogP contribution in [-0.4, -0.2) is 67.5 Å². The average molecular weight is 788 g/mol. The van der Waals surface area contributed by atoms with Crippen LogP contribution in [-0.2, 0) is 27.8 Å². The second-order valence-electron chi connectivity index (χ2n) is 14.3. The second kappa shape index (κ2) is 23.6. The van der Waals surface area contributed by atoms with Gasteiger partial charge < -0.3 is 20.1 Å². The van der Waals surface area contributed by atoms with Gasteiger partial charge in [-0.2, -0.15) is 0 Å². The van der Waals surface area contributed by atoms with Gasteiger partial charge in [0.05, 0.1) is 11.3 Å². The van der Waals surface area contributed by atoms with Gasteiger partial charge >= 0.3 is 29.6 Å². The molecule has 1 saturated heterocycles. The van der Waals surface area contributed by atoms with E-state index >= 15 is 0 Å². The van der Waals surface area contributed by atoms with Crippen LogP contribution in [0.5, 0.6) is 0 Å².